The molecule has 6 rings (SSSR count). The molecule has 2 heterocycles. The lowest BCUT2D eigenvalue weighted by molar-refractivity contribution is 0.0425. The van der Waals surface area contributed by atoms with Gasteiger partial charge in [0.2, 0.25) is 0 Å². The van der Waals surface area contributed by atoms with Gasteiger partial charge in [-0.1, -0.05) is 24.3 Å². The molecule has 0 radical (unpaired) electrons. The van der Waals surface area contributed by atoms with Crippen LogP contribution >= 0.6 is 0 Å². The maximum atomic E-state index is 12.1. The van der Waals surface area contributed by atoms with Crippen LogP contribution in [0.2, 0.25) is 0 Å². The Morgan fingerprint density at radius 2 is 0.742 bits per heavy atom. The molecule has 6 heteroatoms. The summed E-state index contributed by atoms with van der Waals surface area (Å²) in [6, 6.07) is 14.9. The van der Waals surface area contributed by atoms with E-state index in [9.17, 15) is 19.2 Å². The van der Waals surface area contributed by atoms with Crippen LogP contribution in [0.4, 0.5) is 0 Å². The second-order valence-corrected chi connectivity index (χ2v) is 7.99. The predicted octanol–water partition coefficient (Wildman–Crippen LogP) is 3.39. The lowest BCUT2D eigenvalue weighted by Crippen LogP contribution is -2.04. The molecule has 0 spiro atoms. The Bertz CT molecular complexity index is 1280. The van der Waals surface area contributed by atoms with Gasteiger partial charge < -0.3 is 9.47 Å². The van der Waals surface area contributed by atoms with Crippen LogP contribution in [0, 0.1) is 0 Å². The van der Waals surface area contributed by atoms with Crippen LogP contribution in [0.25, 0.3) is 0 Å². The highest BCUT2D eigenvalue weighted by Crippen LogP contribution is 2.33. The first kappa shape index (κ1) is 17.8. The summed E-state index contributed by atoms with van der Waals surface area (Å²) in [5, 5.41) is 0. The summed E-state index contributed by atoms with van der Waals surface area (Å²) in [6.07, 6.45) is 1.63. The largest absolute Gasteiger partial charge is 0.386 e. The number of ether oxygens (including phenoxy) is 2. The lowest BCUT2D eigenvalue weighted by Gasteiger charge is -2.12. The van der Waals surface area contributed by atoms with Crippen molar-refractivity contribution < 1.29 is 28.7 Å². The molecular formula is C25H14O6. The fourth-order valence-corrected chi connectivity index (χ4v) is 4.62. The first-order valence-electron chi connectivity index (χ1n) is 9.89. The average molecular weight is 410 g/mol. The minimum atomic E-state index is -0.647. The fourth-order valence-electron chi connectivity index (χ4n) is 4.62. The molecule has 3 aliphatic rings. The van der Waals surface area contributed by atoms with Crippen molar-refractivity contribution >= 4 is 23.9 Å². The van der Waals surface area contributed by atoms with Gasteiger partial charge in [-0.05, 0) is 76.9 Å². The molecule has 0 fully saturated rings. The number of cyclic esters (lactones) is 4. The van der Waals surface area contributed by atoms with E-state index >= 15 is 0 Å². The van der Waals surface area contributed by atoms with Gasteiger partial charge in [0.15, 0.2) is 0 Å². The van der Waals surface area contributed by atoms with Crippen LogP contribution in [0.5, 0.6) is 0 Å². The van der Waals surface area contributed by atoms with Gasteiger partial charge in [0, 0.05) is 0 Å². The molecule has 3 aromatic rings. The van der Waals surface area contributed by atoms with Crippen molar-refractivity contribution in [3.8, 4) is 0 Å². The Labute approximate surface area is 176 Å². The van der Waals surface area contributed by atoms with Gasteiger partial charge in [-0.25, -0.2) is 19.2 Å². The van der Waals surface area contributed by atoms with Gasteiger partial charge in [0.05, 0.1) is 22.3 Å². The van der Waals surface area contributed by atoms with Gasteiger partial charge in [-0.3, -0.25) is 0 Å². The van der Waals surface area contributed by atoms with Crippen LogP contribution in [-0.2, 0) is 28.7 Å². The quantitative estimate of drug-likeness (QED) is 0.326. The maximum Gasteiger partial charge on any atom is 0.346 e. The highest BCUT2D eigenvalue weighted by molar-refractivity contribution is 6.15. The molecule has 3 aromatic carbocycles. The van der Waals surface area contributed by atoms with Crippen LogP contribution in [0.15, 0.2) is 48.5 Å². The molecule has 0 unspecified atom stereocenters. The Kier molecular flexibility index (Phi) is 3.56. The molecular weight excluding hydrogens is 396 g/mol. The summed E-state index contributed by atoms with van der Waals surface area (Å²) >= 11 is 0. The first-order chi connectivity index (χ1) is 15.0. The SMILES string of the molecule is O=C1OC(=O)c2cc3c(cc21)Cc1ccccc1Cc1cc2c(cc1C3)C(=O)OC2=O. The van der Waals surface area contributed by atoms with E-state index in [1.807, 2.05) is 24.3 Å². The Hall–Kier alpha value is -4.06. The molecule has 31 heavy (non-hydrogen) atoms. The number of benzene rings is 3. The summed E-state index contributed by atoms with van der Waals surface area (Å²) in [7, 11) is 0. The van der Waals surface area contributed by atoms with E-state index in [1.165, 1.54) is 0 Å². The smallest absolute Gasteiger partial charge is 0.346 e. The highest BCUT2D eigenvalue weighted by atomic mass is 16.6. The standard InChI is InChI=1S/C25H14O6/c26-22-18-8-14-5-12-3-1-2-4-13(12)6-15-9-19-21(25(29)31-23(19)27)11-17(15)7-16(14)10-20(18)24(28)30-22/h1-4,8-11H,5-7H2. The number of carbonyl (C=O) groups is 4. The van der Waals surface area contributed by atoms with Crippen molar-refractivity contribution in [1.82, 2.24) is 0 Å². The number of hydrogen-bond acceptors (Lipinski definition) is 6. The van der Waals surface area contributed by atoms with Gasteiger partial charge in [-0.2, -0.15) is 0 Å². The number of rotatable bonds is 0. The second kappa shape index (κ2) is 6.22. The van der Waals surface area contributed by atoms with Crippen molar-refractivity contribution in [3.63, 3.8) is 0 Å². The van der Waals surface area contributed by atoms with E-state index in [-0.39, 0.29) is 22.3 Å². The van der Waals surface area contributed by atoms with Crippen molar-refractivity contribution in [2.24, 2.45) is 0 Å². The van der Waals surface area contributed by atoms with Crippen molar-refractivity contribution in [1.29, 1.82) is 0 Å². The first-order valence-corrected chi connectivity index (χ1v) is 9.89. The van der Waals surface area contributed by atoms with Crippen LogP contribution in [0.3, 0.4) is 0 Å². The Balaban J connectivity index is 1.61. The third-order valence-corrected chi connectivity index (χ3v) is 6.19. The summed E-state index contributed by atoms with van der Waals surface area (Å²) in [5.41, 5.74) is 6.85. The van der Waals surface area contributed by atoms with E-state index in [0.717, 1.165) is 33.4 Å². The molecule has 1 aliphatic carbocycles. The van der Waals surface area contributed by atoms with E-state index in [1.54, 1.807) is 24.3 Å². The van der Waals surface area contributed by atoms with Crippen molar-refractivity contribution in [2.45, 2.75) is 19.3 Å². The molecule has 0 N–H and O–H groups in total. The van der Waals surface area contributed by atoms with E-state index in [0.29, 0.717) is 19.3 Å². The van der Waals surface area contributed by atoms with E-state index < -0.39 is 23.9 Å². The molecule has 6 nitrogen and oxygen atoms in total. The molecule has 150 valence electrons. The van der Waals surface area contributed by atoms with Crippen molar-refractivity contribution in [3.05, 3.63) is 104 Å². The lowest BCUT2D eigenvalue weighted by atomic mass is 9.90. The molecule has 2 aliphatic heterocycles. The van der Waals surface area contributed by atoms with Crippen LogP contribution in [-0.4, -0.2) is 23.9 Å². The number of esters is 4. The van der Waals surface area contributed by atoms with Crippen LogP contribution in [0.1, 0.15) is 74.8 Å². The minimum Gasteiger partial charge on any atom is -0.386 e. The molecule has 0 aromatic heterocycles. The zero-order valence-electron chi connectivity index (χ0n) is 16.2. The van der Waals surface area contributed by atoms with E-state index in [4.69, 9.17) is 9.47 Å². The third-order valence-electron chi connectivity index (χ3n) is 6.19. The van der Waals surface area contributed by atoms with Gasteiger partial charge >= 0.3 is 23.9 Å². The summed E-state index contributed by atoms with van der Waals surface area (Å²) in [6.45, 7) is 0. The Morgan fingerprint density at radius 3 is 1.06 bits per heavy atom. The van der Waals surface area contributed by atoms with Gasteiger partial charge in [0.1, 0.15) is 0 Å². The summed E-state index contributed by atoms with van der Waals surface area (Å²) in [5.74, 6) is -2.55. The third kappa shape index (κ3) is 2.65. The molecule has 0 atom stereocenters. The second-order valence-electron chi connectivity index (χ2n) is 7.99. The van der Waals surface area contributed by atoms with Gasteiger partial charge in [-0.15, -0.1) is 0 Å². The topological polar surface area (TPSA) is 86.7 Å². The van der Waals surface area contributed by atoms with Crippen LogP contribution < -0.4 is 0 Å². The minimum absolute atomic E-state index is 0.258. The maximum absolute atomic E-state index is 12.1. The summed E-state index contributed by atoms with van der Waals surface area (Å²) in [4.78, 5) is 48.4. The average Bonchev–Trinajstić information content (AvgIpc) is 3.19. The molecule has 0 saturated carbocycles. The molecule has 0 amide bonds. The Morgan fingerprint density at radius 1 is 0.452 bits per heavy atom. The normalized spacial score (nSPS) is 16.1. The monoisotopic (exact) mass is 410 g/mol. The zero-order valence-corrected chi connectivity index (χ0v) is 16.2. The number of hydrogen-bond donors (Lipinski definition) is 0. The summed E-state index contributed by atoms with van der Waals surface area (Å²) < 4.78 is 9.57. The number of fused-ring (bicyclic) bond motifs is 5. The number of carbonyl (C=O) groups excluding carboxylic acids is 4. The fraction of sp³-hybridized carbons (Fsp3) is 0.120. The molecule has 0 saturated heterocycles. The predicted molar refractivity (Wildman–Crippen MR) is 107 cm³/mol. The highest BCUT2D eigenvalue weighted by Gasteiger charge is 2.33. The molecule has 0 bridgehead atoms. The van der Waals surface area contributed by atoms with Gasteiger partial charge in [0.25, 0.3) is 0 Å². The van der Waals surface area contributed by atoms with E-state index in [2.05, 4.69) is 0 Å². The van der Waals surface area contributed by atoms with Crippen molar-refractivity contribution in [2.75, 3.05) is 0 Å². The zero-order chi connectivity index (χ0) is 21.3.